The third kappa shape index (κ3) is 6.42. The Morgan fingerprint density at radius 3 is 2.19 bits per heavy atom. The molecule has 0 radical (unpaired) electrons. The number of rotatable bonds is 5. The maximum absolute atomic E-state index is 12.7. The Kier molecular flexibility index (Phi) is 8.24. The van der Waals surface area contributed by atoms with Crippen LogP contribution in [0.25, 0.3) is 0 Å². The summed E-state index contributed by atoms with van der Waals surface area (Å²) in [5.74, 6) is 0.780. The van der Waals surface area contributed by atoms with Gasteiger partial charge >= 0.3 is 0 Å². The molecule has 0 aromatic heterocycles. The number of piperazine rings is 1. The molecule has 4 rings (SSSR count). The van der Waals surface area contributed by atoms with Crippen LogP contribution in [-0.4, -0.2) is 109 Å². The van der Waals surface area contributed by atoms with Crippen LogP contribution < -0.4 is 5.32 Å². The van der Waals surface area contributed by atoms with Crippen LogP contribution in [0, 0.1) is 5.92 Å². The quantitative estimate of drug-likeness (QED) is 0.710. The van der Waals surface area contributed by atoms with Crippen LogP contribution in [-0.2, 0) is 9.59 Å². The van der Waals surface area contributed by atoms with Crippen molar-refractivity contribution in [2.24, 2.45) is 5.92 Å². The molecule has 1 saturated carbocycles. The second-order valence-corrected chi connectivity index (χ2v) is 10.4. The second kappa shape index (κ2) is 11.1. The molecule has 4 fully saturated rings. The first-order chi connectivity index (χ1) is 15.1. The first-order valence-electron chi connectivity index (χ1n) is 12.8. The predicted molar refractivity (Wildman–Crippen MR) is 123 cm³/mol. The van der Waals surface area contributed by atoms with E-state index in [2.05, 4.69) is 32.0 Å². The summed E-state index contributed by atoms with van der Waals surface area (Å²) in [7, 11) is 2.23. The summed E-state index contributed by atoms with van der Waals surface area (Å²) < 4.78 is 0. The molecule has 3 aliphatic heterocycles. The van der Waals surface area contributed by atoms with Crippen LogP contribution in [0.3, 0.4) is 0 Å². The van der Waals surface area contributed by atoms with Gasteiger partial charge in [0.2, 0.25) is 11.8 Å². The lowest BCUT2D eigenvalue weighted by Crippen LogP contribution is -2.56. The molecule has 7 nitrogen and oxygen atoms in total. The van der Waals surface area contributed by atoms with Crippen molar-refractivity contribution in [3.05, 3.63) is 0 Å². The first kappa shape index (κ1) is 23.0. The fourth-order valence-corrected chi connectivity index (χ4v) is 6.05. The predicted octanol–water partition coefficient (Wildman–Crippen LogP) is 1.39. The van der Waals surface area contributed by atoms with Crippen molar-refractivity contribution in [2.45, 2.75) is 69.9 Å². The number of nitrogens with one attached hydrogen (secondary N) is 1. The number of nitrogens with zero attached hydrogens (tertiary/aromatic N) is 4. The summed E-state index contributed by atoms with van der Waals surface area (Å²) >= 11 is 0. The highest BCUT2D eigenvalue weighted by Gasteiger charge is 2.30. The van der Waals surface area contributed by atoms with E-state index in [9.17, 15) is 9.59 Å². The first-order valence-corrected chi connectivity index (χ1v) is 12.8. The van der Waals surface area contributed by atoms with Crippen molar-refractivity contribution in [3.63, 3.8) is 0 Å². The van der Waals surface area contributed by atoms with Crippen molar-refractivity contribution in [1.29, 1.82) is 0 Å². The fraction of sp³-hybridized carbons (Fsp3) is 0.917. The maximum Gasteiger partial charge on any atom is 0.234 e. The molecule has 31 heavy (non-hydrogen) atoms. The molecule has 7 heteroatoms. The molecule has 3 saturated heterocycles. The minimum atomic E-state index is 0.155. The number of hydrogen-bond donors (Lipinski definition) is 1. The highest BCUT2D eigenvalue weighted by molar-refractivity contribution is 5.79. The normalized spacial score (nSPS) is 28.5. The van der Waals surface area contributed by atoms with Crippen molar-refractivity contribution < 1.29 is 9.59 Å². The monoisotopic (exact) mass is 433 g/mol. The molecule has 176 valence electrons. The van der Waals surface area contributed by atoms with Gasteiger partial charge in [-0.25, -0.2) is 0 Å². The summed E-state index contributed by atoms with van der Waals surface area (Å²) in [4.78, 5) is 34.8. The maximum atomic E-state index is 12.7. The fourth-order valence-electron chi connectivity index (χ4n) is 6.05. The number of piperidine rings is 2. The number of hydrogen-bond acceptors (Lipinski definition) is 5. The minimum absolute atomic E-state index is 0.155. The van der Waals surface area contributed by atoms with Gasteiger partial charge in [-0.2, -0.15) is 0 Å². The van der Waals surface area contributed by atoms with E-state index in [4.69, 9.17) is 0 Å². The molecule has 0 aromatic rings. The van der Waals surface area contributed by atoms with Gasteiger partial charge in [-0.05, 0) is 52.1 Å². The van der Waals surface area contributed by atoms with Gasteiger partial charge in [0.05, 0.1) is 6.54 Å². The van der Waals surface area contributed by atoms with Gasteiger partial charge in [0.1, 0.15) is 0 Å². The van der Waals surface area contributed by atoms with E-state index in [-0.39, 0.29) is 17.9 Å². The lowest BCUT2D eigenvalue weighted by atomic mass is 9.87. The smallest absolute Gasteiger partial charge is 0.234 e. The summed E-state index contributed by atoms with van der Waals surface area (Å²) in [6.07, 6.45) is 10.2. The van der Waals surface area contributed by atoms with E-state index < -0.39 is 0 Å². The van der Waals surface area contributed by atoms with Gasteiger partial charge in [0, 0.05) is 63.8 Å². The highest BCUT2D eigenvalue weighted by Crippen LogP contribution is 2.26. The Hall–Kier alpha value is -1.18. The zero-order valence-electron chi connectivity index (χ0n) is 19.6. The molecule has 0 spiro atoms. The molecule has 1 aliphatic carbocycles. The highest BCUT2D eigenvalue weighted by atomic mass is 16.2. The SMILES string of the molecule is CN1CCCC(N2CCN(CC(=O)NC3CCN(C(=O)C4CCCCC4)CC3)CC2)C1. The molecule has 1 unspecified atom stereocenters. The van der Waals surface area contributed by atoms with E-state index in [1.54, 1.807) is 0 Å². The molecule has 2 amide bonds. The zero-order valence-corrected chi connectivity index (χ0v) is 19.6. The molecule has 0 aromatic carbocycles. The summed E-state index contributed by atoms with van der Waals surface area (Å²) in [6.45, 7) is 8.65. The van der Waals surface area contributed by atoms with Crippen LogP contribution >= 0.6 is 0 Å². The molecule has 3 heterocycles. The van der Waals surface area contributed by atoms with E-state index in [0.29, 0.717) is 18.5 Å². The van der Waals surface area contributed by atoms with Gasteiger partial charge in [0.25, 0.3) is 0 Å². The minimum Gasteiger partial charge on any atom is -0.352 e. The molecule has 0 bridgehead atoms. The van der Waals surface area contributed by atoms with Crippen LogP contribution in [0.5, 0.6) is 0 Å². The summed E-state index contributed by atoms with van der Waals surface area (Å²) in [5, 5.41) is 3.25. The molecule has 1 atom stereocenters. The second-order valence-electron chi connectivity index (χ2n) is 10.4. The number of carbonyl (C=O) groups is 2. The van der Waals surface area contributed by atoms with Crippen LogP contribution in [0.1, 0.15) is 57.8 Å². The lowest BCUT2D eigenvalue weighted by Gasteiger charge is -2.42. The van der Waals surface area contributed by atoms with Crippen LogP contribution in [0.2, 0.25) is 0 Å². The Labute approximate surface area is 188 Å². The Morgan fingerprint density at radius 1 is 0.806 bits per heavy atom. The van der Waals surface area contributed by atoms with E-state index >= 15 is 0 Å². The van der Waals surface area contributed by atoms with Crippen molar-refractivity contribution >= 4 is 11.8 Å². The van der Waals surface area contributed by atoms with Gasteiger partial charge in [-0.3, -0.25) is 19.4 Å². The van der Waals surface area contributed by atoms with Gasteiger partial charge < -0.3 is 15.1 Å². The third-order valence-corrected chi connectivity index (χ3v) is 8.02. The molecule has 4 aliphatic rings. The Balaban J connectivity index is 1.12. The standard InChI is InChI=1S/C24H43N5O2/c1-26-11-5-8-22(18-26)28-16-14-27(15-17-28)19-23(30)25-21-9-12-29(13-10-21)24(31)20-6-3-2-4-7-20/h20-22H,2-19H2,1H3,(H,25,30). The zero-order chi connectivity index (χ0) is 21.6. The van der Waals surface area contributed by atoms with E-state index in [0.717, 1.165) is 65.0 Å². The van der Waals surface area contributed by atoms with E-state index in [1.807, 2.05) is 0 Å². The van der Waals surface area contributed by atoms with E-state index in [1.165, 1.54) is 45.2 Å². The number of likely N-dealkylation sites (tertiary alicyclic amines) is 2. The van der Waals surface area contributed by atoms with Crippen molar-refractivity contribution in [1.82, 2.24) is 24.9 Å². The Bertz CT molecular complexity index is 593. The third-order valence-electron chi connectivity index (χ3n) is 8.02. The largest absolute Gasteiger partial charge is 0.352 e. The van der Waals surface area contributed by atoms with Crippen molar-refractivity contribution in [3.8, 4) is 0 Å². The van der Waals surface area contributed by atoms with Gasteiger partial charge in [-0.15, -0.1) is 0 Å². The average Bonchev–Trinajstić information content (AvgIpc) is 2.80. The average molecular weight is 434 g/mol. The Morgan fingerprint density at radius 2 is 1.52 bits per heavy atom. The van der Waals surface area contributed by atoms with Crippen LogP contribution in [0.4, 0.5) is 0 Å². The number of carbonyl (C=O) groups excluding carboxylic acids is 2. The number of amides is 2. The summed E-state index contributed by atoms with van der Waals surface area (Å²) in [6, 6.07) is 0.915. The molecular formula is C24H43N5O2. The molecular weight excluding hydrogens is 390 g/mol. The van der Waals surface area contributed by atoms with Gasteiger partial charge in [0.15, 0.2) is 0 Å². The lowest BCUT2D eigenvalue weighted by molar-refractivity contribution is -0.137. The molecule has 1 N–H and O–H groups in total. The van der Waals surface area contributed by atoms with Crippen molar-refractivity contribution in [2.75, 3.05) is 66.0 Å². The van der Waals surface area contributed by atoms with Crippen LogP contribution in [0.15, 0.2) is 0 Å². The summed E-state index contributed by atoms with van der Waals surface area (Å²) in [5.41, 5.74) is 0. The number of likely N-dealkylation sites (N-methyl/N-ethyl adjacent to an activating group) is 1. The topological polar surface area (TPSA) is 59.1 Å². The van der Waals surface area contributed by atoms with Gasteiger partial charge in [-0.1, -0.05) is 19.3 Å².